The molecule has 0 saturated carbocycles. The van der Waals surface area contributed by atoms with Crippen molar-refractivity contribution in [1.82, 2.24) is 20.9 Å². The Morgan fingerprint density at radius 1 is 1.14 bits per heavy atom. The van der Waals surface area contributed by atoms with Gasteiger partial charge in [-0.05, 0) is 79.8 Å². The molecular formula is C32H40N4O5S. The first kappa shape index (κ1) is 31.2. The summed E-state index contributed by atoms with van der Waals surface area (Å²) in [4.78, 5) is 54.8. The van der Waals surface area contributed by atoms with Gasteiger partial charge in [-0.3, -0.25) is 19.2 Å². The molecule has 1 saturated heterocycles. The minimum Gasteiger partial charge on any atom is -0.494 e. The summed E-state index contributed by atoms with van der Waals surface area (Å²) in [5.41, 5.74) is 2.93. The number of aryl methyl sites for hydroxylation is 2. The smallest absolute Gasteiger partial charge is 0.244 e. The molecule has 0 aromatic heterocycles. The maximum atomic E-state index is 13.7. The second kappa shape index (κ2) is 14.9. The number of rotatable bonds is 5. The van der Waals surface area contributed by atoms with E-state index in [1.807, 2.05) is 55.5 Å². The number of benzene rings is 2. The van der Waals surface area contributed by atoms with Gasteiger partial charge in [0.25, 0.3) is 0 Å². The van der Waals surface area contributed by atoms with E-state index < -0.39 is 29.1 Å². The summed E-state index contributed by atoms with van der Waals surface area (Å²) in [5.74, 6) is -1.03. The lowest BCUT2D eigenvalue weighted by atomic mass is 9.94. The van der Waals surface area contributed by atoms with Crippen LogP contribution in [-0.4, -0.2) is 65.6 Å². The van der Waals surface area contributed by atoms with E-state index in [1.54, 1.807) is 4.90 Å². The minimum absolute atomic E-state index is 0.240. The van der Waals surface area contributed by atoms with Crippen LogP contribution in [0.2, 0.25) is 0 Å². The molecule has 3 N–H and O–H groups in total. The van der Waals surface area contributed by atoms with Crippen LogP contribution in [0.4, 0.5) is 0 Å². The van der Waals surface area contributed by atoms with E-state index in [-0.39, 0.29) is 24.3 Å². The second-order valence-corrected chi connectivity index (χ2v) is 11.5. The molecule has 2 aliphatic heterocycles. The molecule has 4 rings (SSSR count). The Kier molecular flexibility index (Phi) is 11.1. The summed E-state index contributed by atoms with van der Waals surface area (Å²) in [6, 6.07) is 13.2. The number of fused-ring (bicyclic) bond motifs is 4. The molecule has 2 aliphatic rings. The zero-order valence-electron chi connectivity index (χ0n) is 24.0. The van der Waals surface area contributed by atoms with Crippen LogP contribution in [0.5, 0.6) is 5.75 Å². The Morgan fingerprint density at radius 3 is 2.69 bits per heavy atom. The standard InChI is InChI=1S/C32H40N4O5S/c1-3-27(37)35-28-29(42)32(40)36-16-7-10-23(20-36)15-17-41-25-13-11-21(2)24(18-25)19-33-30(38)26(34-31(28)39)14-12-22-8-5-4-6-9-22/h3-6,8-9,11,13,18,23,26,28-29,42H,1,7,10,12,14-17,19-20H2,2H3,(H,33,38)(H,34,39)(H,35,37)/t23?,26-,28-,29?/m0/s1. The fourth-order valence-electron chi connectivity index (χ4n) is 5.39. The van der Waals surface area contributed by atoms with Gasteiger partial charge in [-0.2, -0.15) is 12.6 Å². The maximum Gasteiger partial charge on any atom is 0.244 e. The molecule has 4 atom stereocenters. The molecule has 0 radical (unpaired) electrons. The molecule has 224 valence electrons. The van der Waals surface area contributed by atoms with Gasteiger partial charge < -0.3 is 25.6 Å². The molecule has 2 aromatic carbocycles. The van der Waals surface area contributed by atoms with E-state index in [0.29, 0.717) is 32.5 Å². The molecule has 2 heterocycles. The zero-order valence-corrected chi connectivity index (χ0v) is 24.9. The number of nitrogens with zero attached hydrogens (tertiary/aromatic N) is 1. The van der Waals surface area contributed by atoms with Crippen molar-refractivity contribution in [2.24, 2.45) is 5.92 Å². The van der Waals surface area contributed by atoms with Gasteiger partial charge in [0, 0.05) is 19.6 Å². The van der Waals surface area contributed by atoms with Crippen molar-refractivity contribution in [3.8, 4) is 5.75 Å². The van der Waals surface area contributed by atoms with Gasteiger partial charge in [0.05, 0.1) is 6.61 Å². The van der Waals surface area contributed by atoms with E-state index in [4.69, 9.17) is 4.74 Å². The number of carbonyl (C=O) groups is 4. The number of hydrogen-bond acceptors (Lipinski definition) is 6. The summed E-state index contributed by atoms with van der Waals surface area (Å²) >= 11 is 4.54. The van der Waals surface area contributed by atoms with E-state index in [0.717, 1.165) is 47.8 Å². The molecule has 2 unspecified atom stereocenters. The fraction of sp³-hybridized carbons (Fsp3) is 0.438. The topological polar surface area (TPSA) is 117 Å². The average Bonchev–Trinajstić information content (AvgIpc) is 3.01. The average molecular weight is 593 g/mol. The van der Waals surface area contributed by atoms with Crippen LogP contribution in [0, 0.1) is 12.8 Å². The summed E-state index contributed by atoms with van der Waals surface area (Å²) in [5, 5.41) is 7.18. The van der Waals surface area contributed by atoms with E-state index in [2.05, 4.69) is 35.2 Å². The van der Waals surface area contributed by atoms with Gasteiger partial charge in [-0.25, -0.2) is 0 Å². The molecule has 4 amide bonds. The Balaban J connectivity index is 1.64. The number of amides is 4. The van der Waals surface area contributed by atoms with Crippen LogP contribution in [-0.2, 0) is 32.1 Å². The van der Waals surface area contributed by atoms with Gasteiger partial charge >= 0.3 is 0 Å². The number of piperidine rings is 1. The van der Waals surface area contributed by atoms with Crippen molar-refractivity contribution in [2.45, 2.75) is 62.9 Å². The molecule has 0 spiro atoms. The summed E-state index contributed by atoms with van der Waals surface area (Å²) in [7, 11) is 0. The highest BCUT2D eigenvalue weighted by molar-refractivity contribution is 7.82. The van der Waals surface area contributed by atoms with Gasteiger partial charge in [0.2, 0.25) is 23.6 Å². The number of thiol groups is 1. The van der Waals surface area contributed by atoms with E-state index in [1.165, 1.54) is 0 Å². The molecule has 1 fully saturated rings. The third-order valence-electron chi connectivity index (χ3n) is 7.93. The summed E-state index contributed by atoms with van der Waals surface area (Å²) in [6.07, 6.45) is 4.44. The molecule has 42 heavy (non-hydrogen) atoms. The second-order valence-electron chi connectivity index (χ2n) is 11.0. The van der Waals surface area contributed by atoms with Gasteiger partial charge in [0.15, 0.2) is 0 Å². The van der Waals surface area contributed by atoms with Crippen molar-refractivity contribution >= 4 is 36.3 Å². The predicted octanol–water partition coefficient (Wildman–Crippen LogP) is 2.72. The summed E-state index contributed by atoms with van der Waals surface area (Å²) in [6.45, 7) is 7.25. The number of carbonyl (C=O) groups excluding carboxylic acids is 4. The SMILES string of the molecule is C=CC(=O)N[C@@H]1C(=O)N[C@@H](CCc2ccccc2)C(=O)NCc2cc(ccc2C)OCCC2CCCN(C2)C(=O)C1S. The van der Waals surface area contributed by atoms with Crippen LogP contribution >= 0.6 is 12.6 Å². The molecule has 10 heteroatoms. The van der Waals surface area contributed by atoms with Crippen molar-refractivity contribution < 1.29 is 23.9 Å². The van der Waals surface area contributed by atoms with Crippen LogP contribution in [0.3, 0.4) is 0 Å². The maximum absolute atomic E-state index is 13.7. The van der Waals surface area contributed by atoms with Gasteiger partial charge in [0.1, 0.15) is 23.1 Å². The molecule has 0 aliphatic carbocycles. The van der Waals surface area contributed by atoms with Crippen molar-refractivity contribution in [1.29, 1.82) is 0 Å². The van der Waals surface area contributed by atoms with E-state index >= 15 is 0 Å². The lowest BCUT2D eigenvalue weighted by Gasteiger charge is -2.35. The molecule has 2 aromatic rings. The van der Waals surface area contributed by atoms with Crippen molar-refractivity contribution in [2.75, 3.05) is 19.7 Å². The lowest BCUT2D eigenvalue weighted by molar-refractivity contribution is -0.137. The normalized spacial score (nSPS) is 23.9. The Labute approximate surface area is 252 Å². The number of hydrogen-bond donors (Lipinski definition) is 4. The Bertz CT molecular complexity index is 1290. The van der Waals surface area contributed by atoms with Gasteiger partial charge in [-0.15, -0.1) is 0 Å². The van der Waals surface area contributed by atoms with Crippen molar-refractivity contribution in [3.63, 3.8) is 0 Å². The van der Waals surface area contributed by atoms with Gasteiger partial charge in [-0.1, -0.05) is 43.0 Å². The number of ether oxygens (including phenoxy) is 1. The molecule has 4 bridgehead atoms. The highest BCUT2D eigenvalue weighted by Crippen LogP contribution is 2.24. The Hall–Kier alpha value is -3.79. The first-order chi connectivity index (χ1) is 20.2. The molecular weight excluding hydrogens is 552 g/mol. The van der Waals surface area contributed by atoms with Crippen LogP contribution in [0.25, 0.3) is 0 Å². The first-order valence-electron chi connectivity index (χ1n) is 14.5. The Morgan fingerprint density at radius 2 is 1.93 bits per heavy atom. The quantitative estimate of drug-likeness (QED) is 0.315. The monoisotopic (exact) mass is 592 g/mol. The predicted molar refractivity (Wildman–Crippen MR) is 164 cm³/mol. The third kappa shape index (κ3) is 8.38. The van der Waals surface area contributed by atoms with Crippen LogP contribution in [0.15, 0.2) is 61.2 Å². The lowest BCUT2D eigenvalue weighted by Crippen LogP contribution is -2.59. The number of nitrogens with one attached hydrogen (secondary N) is 3. The zero-order chi connectivity index (χ0) is 30.1. The van der Waals surface area contributed by atoms with Crippen molar-refractivity contribution in [3.05, 3.63) is 77.9 Å². The highest BCUT2D eigenvalue weighted by atomic mass is 32.1. The highest BCUT2D eigenvalue weighted by Gasteiger charge is 2.37. The fourth-order valence-corrected chi connectivity index (χ4v) is 5.77. The molecule has 9 nitrogen and oxygen atoms in total. The van der Waals surface area contributed by atoms with E-state index in [9.17, 15) is 19.2 Å². The summed E-state index contributed by atoms with van der Waals surface area (Å²) < 4.78 is 6.06. The van der Waals surface area contributed by atoms with Crippen LogP contribution in [0.1, 0.15) is 42.4 Å². The third-order valence-corrected chi connectivity index (χ3v) is 8.45. The largest absolute Gasteiger partial charge is 0.494 e. The minimum atomic E-state index is -1.31. The van der Waals surface area contributed by atoms with Crippen LogP contribution < -0.4 is 20.7 Å². The first-order valence-corrected chi connectivity index (χ1v) is 15.0.